The fourth-order valence-electron chi connectivity index (χ4n) is 1.75. The predicted molar refractivity (Wildman–Crippen MR) is 86.7 cm³/mol. The molecule has 0 radical (unpaired) electrons. The average molecular weight is 388 g/mol. The van der Waals surface area contributed by atoms with Crippen LogP contribution in [0.3, 0.4) is 0 Å². The van der Waals surface area contributed by atoms with Crippen LogP contribution in [0.2, 0.25) is 0 Å². The van der Waals surface area contributed by atoms with Gasteiger partial charge in [0.2, 0.25) is 10.0 Å². The Hall–Kier alpha value is -1.51. The summed E-state index contributed by atoms with van der Waals surface area (Å²) in [6.07, 6.45) is 1.60. The van der Waals surface area contributed by atoms with Crippen LogP contribution < -0.4 is 9.62 Å². The van der Waals surface area contributed by atoms with Gasteiger partial charge in [0.25, 0.3) is 0 Å². The van der Waals surface area contributed by atoms with Crippen LogP contribution in [-0.4, -0.2) is 27.5 Å². The molecule has 118 valence electrons. The quantitative estimate of drug-likeness (QED) is 0.855. The Morgan fingerprint density at radius 2 is 2.00 bits per heavy atom. The summed E-state index contributed by atoms with van der Waals surface area (Å²) in [4.78, 5) is 5.58. The minimum Gasteiger partial charge on any atom is -0.363 e. The largest absolute Gasteiger partial charge is 0.363 e. The number of rotatable bonds is 5. The fraction of sp³-hybridized carbons (Fsp3) is 0.214. The molecule has 0 atom stereocenters. The van der Waals surface area contributed by atoms with Gasteiger partial charge >= 0.3 is 0 Å². The Morgan fingerprint density at radius 1 is 1.27 bits per heavy atom. The van der Waals surface area contributed by atoms with Gasteiger partial charge in [-0.3, -0.25) is 0 Å². The van der Waals surface area contributed by atoms with Crippen LogP contribution in [-0.2, 0) is 16.6 Å². The molecular weight excluding hydrogens is 373 g/mol. The van der Waals surface area contributed by atoms with E-state index in [-0.39, 0.29) is 11.4 Å². The van der Waals surface area contributed by atoms with Crippen molar-refractivity contribution in [1.82, 2.24) is 9.71 Å². The number of nitrogens with one attached hydrogen (secondary N) is 1. The van der Waals surface area contributed by atoms with Crippen molar-refractivity contribution in [2.45, 2.75) is 11.4 Å². The summed E-state index contributed by atoms with van der Waals surface area (Å²) in [6, 6.07) is 7.25. The molecule has 0 amide bonds. The second-order valence-electron chi connectivity index (χ2n) is 4.82. The lowest BCUT2D eigenvalue weighted by Crippen LogP contribution is -2.24. The number of hydrogen-bond donors (Lipinski definition) is 1. The topological polar surface area (TPSA) is 62.3 Å². The normalized spacial score (nSPS) is 11.5. The lowest BCUT2D eigenvalue weighted by Gasteiger charge is -2.13. The third-order valence-corrected chi connectivity index (χ3v) is 4.83. The number of benzene rings is 1. The van der Waals surface area contributed by atoms with Gasteiger partial charge in [-0.1, -0.05) is 15.9 Å². The van der Waals surface area contributed by atoms with Crippen molar-refractivity contribution in [3.63, 3.8) is 0 Å². The maximum absolute atomic E-state index is 13.7. The Kier molecular flexibility index (Phi) is 5.15. The van der Waals surface area contributed by atoms with E-state index >= 15 is 0 Å². The van der Waals surface area contributed by atoms with Gasteiger partial charge in [0, 0.05) is 31.3 Å². The zero-order chi connectivity index (χ0) is 16.3. The van der Waals surface area contributed by atoms with Gasteiger partial charge in [-0.15, -0.1) is 0 Å². The Labute approximate surface area is 137 Å². The molecule has 5 nitrogen and oxygen atoms in total. The van der Waals surface area contributed by atoms with Gasteiger partial charge < -0.3 is 4.90 Å². The van der Waals surface area contributed by atoms with Gasteiger partial charge in [0.05, 0.1) is 0 Å². The lowest BCUT2D eigenvalue weighted by atomic mass is 10.2. The first-order valence-electron chi connectivity index (χ1n) is 6.36. The van der Waals surface area contributed by atoms with Crippen molar-refractivity contribution in [3.8, 4) is 0 Å². The first-order valence-corrected chi connectivity index (χ1v) is 8.64. The van der Waals surface area contributed by atoms with Crippen LogP contribution in [0.5, 0.6) is 0 Å². The zero-order valence-electron chi connectivity index (χ0n) is 12.0. The minimum atomic E-state index is -3.93. The van der Waals surface area contributed by atoms with E-state index in [2.05, 4.69) is 25.6 Å². The molecule has 1 aromatic carbocycles. The van der Waals surface area contributed by atoms with E-state index in [4.69, 9.17) is 0 Å². The van der Waals surface area contributed by atoms with Gasteiger partial charge in [-0.2, -0.15) is 0 Å². The third kappa shape index (κ3) is 4.02. The lowest BCUT2D eigenvalue weighted by molar-refractivity contribution is 0.556. The monoisotopic (exact) mass is 387 g/mol. The van der Waals surface area contributed by atoms with Crippen LogP contribution in [0.4, 0.5) is 10.2 Å². The SMILES string of the molecule is CN(C)c1cc(CNS(=O)(=O)c2cc(Br)ccc2F)ccn1. The highest BCUT2D eigenvalue weighted by Crippen LogP contribution is 2.20. The first kappa shape index (κ1) is 16.9. The number of nitrogens with zero attached hydrogens (tertiary/aromatic N) is 2. The number of sulfonamides is 1. The van der Waals surface area contributed by atoms with Crippen LogP contribution >= 0.6 is 15.9 Å². The molecule has 8 heteroatoms. The van der Waals surface area contributed by atoms with Crippen molar-refractivity contribution < 1.29 is 12.8 Å². The van der Waals surface area contributed by atoms with Crippen LogP contribution in [0, 0.1) is 5.82 Å². The highest BCUT2D eigenvalue weighted by atomic mass is 79.9. The first-order chi connectivity index (χ1) is 10.3. The van der Waals surface area contributed by atoms with Crippen molar-refractivity contribution in [2.75, 3.05) is 19.0 Å². The standard InChI is InChI=1S/C14H15BrFN3O2S/c1-19(2)14-7-10(5-6-17-14)9-18-22(20,21)13-8-11(15)3-4-12(13)16/h3-8,18H,9H2,1-2H3. The Bertz CT molecular complexity index is 781. The predicted octanol–water partition coefficient (Wildman–Crippen LogP) is 2.53. The van der Waals surface area contributed by atoms with Crippen LogP contribution in [0.25, 0.3) is 0 Å². The number of halogens is 2. The molecule has 0 aliphatic carbocycles. The van der Waals surface area contributed by atoms with E-state index in [1.165, 1.54) is 12.1 Å². The van der Waals surface area contributed by atoms with Gasteiger partial charge in [0.1, 0.15) is 16.5 Å². The molecule has 0 unspecified atom stereocenters. The molecule has 2 aromatic rings. The second-order valence-corrected chi connectivity index (χ2v) is 7.47. The molecule has 0 saturated heterocycles. The Morgan fingerprint density at radius 3 is 2.68 bits per heavy atom. The number of anilines is 1. The Balaban J connectivity index is 2.20. The summed E-state index contributed by atoms with van der Waals surface area (Å²) in [5.41, 5.74) is 0.734. The zero-order valence-corrected chi connectivity index (χ0v) is 14.4. The van der Waals surface area contributed by atoms with E-state index in [0.29, 0.717) is 10.3 Å². The molecule has 0 aliphatic rings. The number of hydrogen-bond acceptors (Lipinski definition) is 4. The molecule has 22 heavy (non-hydrogen) atoms. The number of pyridine rings is 1. The highest BCUT2D eigenvalue weighted by molar-refractivity contribution is 9.10. The number of aromatic nitrogens is 1. The van der Waals surface area contributed by atoms with Crippen LogP contribution in [0.1, 0.15) is 5.56 Å². The van der Waals surface area contributed by atoms with E-state index in [0.717, 1.165) is 11.6 Å². The maximum Gasteiger partial charge on any atom is 0.243 e. The van der Waals surface area contributed by atoms with Crippen molar-refractivity contribution in [2.24, 2.45) is 0 Å². The molecule has 0 fully saturated rings. The molecule has 1 aromatic heterocycles. The van der Waals surface area contributed by atoms with Gasteiger partial charge in [0.15, 0.2) is 0 Å². The fourth-order valence-corrected chi connectivity index (χ4v) is 3.39. The highest BCUT2D eigenvalue weighted by Gasteiger charge is 2.19. The van der Waals surface area contributed by atoms with Gasteiger partial charge in [-0.25, -0.2) is 22.5 Å². The average Bonchev–Trinajstić information content (AvgIpc) is 2.48. The smallest absolute Gasteiger partial charge is 0.243 e. The van der Waals surface area contributed by atoms with Crippen molar-refractivity contribution >= 4 is 31.8 Å². The van der Waals surface area contributed by atoms with E-state index < -0.39 is 15.8 Å². The summed E-state index contributed by atoms with van der Waals surface area (Å²) in [5, 5.41) is 0. The van der Waals surface area contributed by atoms with Gasteiger partial charge in [-0.05, 0) is 35.9 Å². The summed E-state index contributed by atoms with van der Waals surface area (Å²) in [6.45, 7) is 0.0532. The third-order valence-electron chi connectivity index (χ3n) is 2.92. The summed E-state index contributed by atoms with van der Waals surface area (Å²) >= 11 is 3.14. The molecule has 0 saturated carbocycles. The van der Waals surface area contributed by atoms with E-state index in [9.17, 15) is 12.8 Å². The summed E-state index contributed by atoms with van der Waals surface area (Å²) < 4.78 is 41.0. The summed E-state index contributed by atoms with van der Waals surface area (Å²) in [5.74, 6) is -0.0789. The second kappa shape index (κ2) is 6.72. The molecular formula is C14H15BrFN3O2S. The van der Waals surface area contributed by atoms with Crippen molar-refractivity contribution in [1.29, 1.82) is 0 Å². The van der Waals surface area contributed by atoms with E-state index in [1.54, 1.807) is 18.3 Å². The maximum atomic E-state index is 13.7. The minimum absolute atomic E-state index is 0.0532. The van der Waals surface area contributed by atoms with Crippen LogP contribution in [0.15, 0.2) is 45.9 Å². The molecule has 1 N–H and O–H groups in total. The molecule has 0 bridgehead atoms. The molecule has 1 heterocycles. The molecule has 0 aliphatic heterocycles. The molecule has 2 rings (SSSR count). The van der Waals surface area contributed by atoms with E-state index in [1.807, 2.05) is 19.0 Å². The summed E-state index contributed by atoms with van der Waals surface area (Å²) in [7, 11) is -0.253. The molecule has 0 spiro atoms. The van der Waals surface area contributed by atoms with Crippen molar-refractivity contribution in [3.05, 3.63) is 52.4 Å².